The second-order valence-electron chi connectivity index (χ2n) is 5.54. The molecule has 0 spiro atoms. The van der Waals surface area contributed by atoms with Crippen molar-refractivity contribution in [2.24, 2.45) is 11.8 Å². The van der Waals surface area contributed by atoms with Crippen LogP contribution in [0, 0.1) is 18.8 Å². The molecule has 0 aliphatic heterocycles. The van der Waals surface area contributed by atoms with E-state index in [0.29, 0.717) is 29.7 Å². The molecule has 0 bridgehead atoms. The van der Waals surface area contributed by atoms with Crippen molar-refractivity contribution in [3.8, 4) is 0 Å². The van der Waals surface area contributed by atoms with E-state index in [1.54, 1.807) is 38.2 Å². The number of allylic oxidation sites excluding steroid dienone is 2. The highest BCUT2D eigenvalue weighted by atomic mass is 16.4. The molecule has 2 amide bonds. The summed E-state index contributed by atoms with van der Waals surface area (Å²) in [6, 6.07) is 5.06. The van der Waals surface area contributed by atoms with Crippen LogP contribution in [0.4, 0.5) is 5.69 Å². The Morgan fingerprint density at radius 2 is 1.78 bits per heavy atom. The number of rotatable bonds is 4. The Kier molecular flexibility index (Phi) is 5.16. The minimum atomic E-state index is -0.967. The van der Waals surface area contributed by atoms with Crippen LogP contribution in [0.3, 0.4) is 0 Å². The predicted molar refractivity (Wildman–Crippen MR) is 86.2 cm³/mol. The lowest BCUT2D eigenvalue weighted by Gasteiger charge is -2.24. The zero-order valence-corrected chi connectivity index (χ0v) is 13.1. The summed E-state index contributed by atoms with van der Waals surface area (Å²) in [5, 5.41) is 14.6. The van der Waals surface area contributed by atoms with Gasteiger partial charge in [-0.25, -0.2) is 0 Å². The molecule has 1 aliphatic carbocycles. The topological polar surface area (TPSA) is 95.5 Å². The van der Waals surface area contributed by atoms with E-state index in [1.165, 1.54) is 0 Å². The second-order valence-corrected chi connectivity index (χ2v) is 5.54. The first-order chi connectivity index (χ1) is 11.0. The molecule has 0 saturated carbocycles. The van der Waals surface area contributed by atoms with Crippen molar-refractivity contribution in [2.75, 3.05) is 12.4 Å². The first-order valence-electron chi connectivity index (χ1n) is 7.46. The lowest BCUT2D eigenvalue weighted by molar-refractivity contribution is -0.146. The van der Waals surface area contributed by atoms with E-state index in [1.807, 2.05) is 6.08 Å². The number of hydrogen-bond acceptors (Lipinski definition) is 3. The largest absolute Gasteiger partial charge is 0.481 e. The SMILES string of the molecule is CNC(=O)c1cccc(NC(=O)C2CC=CCC2C(=O)O)c1C. The van der Waals surface area contributed by atoms with E-state index in [4.69, 9.17) is 0 Å². The highest BCUT2D eigenvalue weighted by molar-refractivity contribution is 6.00. The molecule has 2 rings (SSSR count). The fourth-order valence-electron chi connectivity index (χ4n) is 2.75. The highest BCUT2D eigenvalue weighted by Crippen LogP contribution is 2.28. The number of hydrogen-bond donors (Lipinski definition) is 3. The van der Waals surface area contributed by atoms with Gasteiger partial charge in [0.05, 0.1) is 11.8 Å². The number of carboxylic acid groups (broad SMARTS) is 1. The molecule has 0 saturated heterocycles. The minimum Gasteiger partial charge on any atom is -0.481 e. The maximum absolute atomic E-state index is 12.5. The summed E-state index contributed by atoms with van der Waals surface area (Å²) in [5.41, 5.74) is 1.65. The van der Waals surface area contributed by atoms with Crippen LogP contribution in [0.1, 0.15) is 28.8 Å². The summed E-state index contributed by atoms with van der Waals surface area (Å²) in [6.45, 7) is 1.75. The molecule has 122 valence electrons. The van der Waals surface area contributed by atoms with Crippen LogP contribution in [0.2, 0.25) is 0 Å². The van der Waals surface area contributed by atoms with Gasteiger partial charge in [-0.1, -0.05) is 18.2 Å². The van der Waals surface area contributed by atoms with Gasteiger partial charge in [0.1, 0.15) is 0 Å². The molecular formula is C17H20N2O4. The summed E-state index contributed by atoms with van der Waals surface area (Å²) in [4.78, 5) is 35.6. The number of carbonyl (C=O) groups is 3. The van der Waals surface area contributed by atoms with Crippen LogP contribution in [0.15, 0.2) is 30.4 Å². The summed E-state index contributed by atoms with van der Waals surface area (Å²) in [5.74, 6) is -2.87. The van der Waals surface area contributed by atoms with Crippen LogP contribution in [0.5, 0.6) is 0 Å². The van der Waals surface area contributed by atoms with Crippen LogP contribution in [-0.4, -0.2) is 29.9 Å². The van der Waals surface area contributed by atoms with Crippen LogP contribution >= 0.6 is 0 Å². The third-order valence-electron chi connectivity index (χ3n) is 4.15. The lowest BCUT2D eigenvalue weighted by Crippen LogP contribution is -2.35. The van der Waals surface area contributed by atoms with E-state index in [2.05, 4.69) is 10.6 Å². The van der Waals surface area contributed by atoms with E-state index < -0.39 is 17.8 Å². The van der Waals surface area contributed by atoms with Crippen molar-refractivity contribution in [3.63, 3.8) is 0 Å². The molecule has 6 nitrogen and oxygen atoms in total. The Morgan fingerprint density at radius 1 is 1.13 bits per heavy atom. The number of carboxylic acids is 1. The molecule has 23 heavy (non-hydrogen) atoms. The zero-order valence-electron chi connectivity index (χ0n) is 13.1. The van der Waals surface area contributed by atoms with Gasteiger partial charge in [-0.3, -0.25) is 14.4 Å². The Balaban J connectivity index is 2.22. The van der Waals surface area contributed by atoms with Crippen LogP contribution < -0.4 is 10.6 Å². The van der Waals surface area contributed by atoms with Crippen molar-refractivity contribution in [1.29, 1.82) is 0 Å². The standard InChI is InChI=1S/C17H20N2O4/c1-10-11(15(20)18-2)8-5-9-14(10)19-16(21)12-6-3-4-7-13(12)17(22)23/h3-5,8-9,12-13H,6-7H2,1-2H3,(H,18,20)(H,19,21)(H,22,23). The smallest absolute Gasteiger partial charge is 0.307 e. The summed E-state index contributed by atoms with van der Waals surface area (Å²) < 4.78 is 0. The first kappa shape index (κ1) is 16.7. The number of carbonyl (C=O) groups excluding carboxylic acids is 2. The van der Waals surface area contributed by atoms with Crippen LogP contribution in [0.25, 0.3) is 0 Å². The Bertz CT molecular complexity index is 667. The fraction of sp³-hybridized carbons (Fsp3) is 0.353. The van der Waals surface area contributed by atoms with E-state index in [9.17, 15) is 19.5 Å². The Hall–Kier alpha value is -2.63. The average Bonchev–Trinajstić information content (AvgIpc) is 2.56. The number of anilines is 1. The molecule has 0 aromatic heterocycles. The zero-order chi connectivity index (χ0) is 17.0. The van der Waals surface area contributed by atoms with Gasteiger partial charge in [0.2, 0.25) is 5.91 Å². The number of nitrogens with one attached hydrogen (secondary N) is 2. The lowest BCUT2D eigenvalue weighted by atomic mass is 9.82. The normalized spacial score (nSPS) is 19.9. The quantitative estimate of drug-likeness (QED) is 0.740. The van der Waals surface area contributed by atoms with E-state index in [0.717, 1.165) is 0 Å². The van der Waals surface area contributed by atoms with Crippen molar-refractivity contribution in [3.05, 3.63) is 41.5 Å². The summed E-state index contributed by atoms with van der Waals surface area (Å²) in [7, 11) is 1.54. The van der Waals surface area contributed by atoms with Gasteiger partial charge in [-0.15, -0.1) is 0 Å². The van der Waals surface area contributed by atoms with Gasteiger partial charge in [0.15, 0.2) is 0 Å². The molecule has 1 aromatic carbocycles. The first-order valence-corrected chi connectivity index (χ1v) is 7.46. The Labute approximate surface area is 134 Å². The molecule has 0 heterocycles. The Morgan fingerprint density at radius 3 is 2.39 bits per heavy atom. The van der Waals surface area contributed by atoms with Crippen molar-refractivity contribution < 1.29 is 19.5 Å². The number of amides is 2. The minimum absolute atomic E-state index is 0.234. The van der Waals surface area contributed by atoms with E-state index >= 15 is 0 Å². The monoisotopic (exact) mass is 316 g/mol. The fourth-order valence-corrected chi connectivity index (χ4v) is 2.75. The summed E-state index contributed by atoms with van der Waals surface area (Å²) >= 11 is 0. The maximum atomic E-state index is 12.5. The second kappa shape index (κ2) is 7.09. The highest BCUT2D eigenvalue weighted by Gasteiger charge is 2.34. The molecule has 1 aromatic rings. The van der Waals surface area contributed by atoms with E-state index in [-0.39, 0.29) is 11.8 Å². The van der Waals surface area contributed by atoms with Gasteiger partial charge in [-0.2, -0.15) is 0 Å². The third-order valence-corrected chi connectivity index (χ3v) is 4.15. The van der Waals surface area contributed by atoms with Gasteiger partial charge in [-0.05, 0) is 37.5 Å². The van der Waals surface area contributed by atoms with Crippen molar-refractivity contribution in [2.45, 2.75) is 19.8 Å². The summed E-state index contributed by atoms with van der Waals surface area (Å²) in [6.07, 6.45) is 4.37. The number of benzene rings is 1. The average molecular weight is 316 g/mol. The van der Waals surface area contributed by atoms with Gasteiger partial charge < -0.3 is 15.7 Å². The van der Waals surface area contributed by atoms with Gasteiger partial charge in [0, 0.05) is 18.3 Å². The molecule has 6 heteroatoms. The maximum Gasteiger partial charge on any atom is 0.307 e. The molecule has 2 unspecified atom stereocenters. The van der Waals surface area contributed by atoms with Crippen molar-refractivity contribution >= 4 is 23.5 Å². The molecule has 0 radical (unpaired) electrons. The molecule has 0 fully saturated rings. The molecule has 3 N–H and O–H groups in total. The van der Waals surface area contributed by atoms with Crippen molar-refractivity contribution in [1.82, 2.24) is 5.32 Å². The van der Waals surface area contributed by atoms with Gasteiger partial charge >= 0.3 is 5.97 Å². The molecule has 2 atom stereocenters. The third kappa shape index (κ3) is 3.59. The number of aliphatic carboxylic acids is 1. The molecular weight excluding hydrogens is 296 g/mol. The van der Waals surface area contributed by atoms with Gasteiger partial charge in [0.25, 0.3) is 5.91 Å². The molecule has 1 aliphatic rings. The van der Waals surface area contributed by atoms with Crippen LogP contribution in [-0.2, 0) is 9.59 Å². The predicted octanol–water partition coefficient (Wildman–Crippen LogP) is 1.96.